The van der Waals surface area contributed by atoms with E-state index in [0.29, 0.717) is 17.0 Å². The highest BCUT2D eigenvalue weighted by Crippen LogP contribution is 2.37. The highest BCUT2D eigenvalue weighted by molar-refractivity contribution is 5.95. The van der Waals surface area contributed by atoms with Crippen molar-refractivity contribution < 1.29 is 14.3 Å². The molecule has 2 amide bonds. The smallest absolute Gasteiger partial charge is 0.337 e. The molecule has 0 fully saturated rings. The fourth-order valence-electron chi connectivity index (χ4n) is 4.37. The van der Waals surface area contributed by atoms with Gasteiger partial charge in [-0.15, -0.1) is 0 Å². The van der Waals surface area contributed by atoms with Crippen LogP contribution in [0.4, 0.5) is 4.79 Å². The number of hydrogen-bond donors (Lipinski definition) is 2. The van der Waals surface area contributed by atoms with Gasteiger partial charge in [0.2, 0.25) is 0 Å². The number of ether oxygens (including phenoxy) is 1. The van der Waals surface area contributed by atoms with Crippen LogP contribution in [0.1, 0.15) is 35.2 Å². The van der Waals surface area contributed by atoms with Crippen LogP contribution in [0.5, 0.6) is 0 Å². The minimum atomic E-state index is -0.705. The summed E-state index contributed by atoms with van der Waals surface area (Å²) in [7, 11) is 1.33. The highest BCUT2D eigenvalue weighted by atomic mass is 16.5. The zero-order chi connectivity index (χ0) is 23.0. The van der Waals surface area contributed by atoms with E-state index in [1.54, 1.807) is 11.6 Å². The molecule has 0 saturated heterocycles. The second-order valence-corrected chi connectivity index (χ2v) is 8.05. The SMILES string of the molecule is COC(=O)C1=C(C)NC(=O)N[C@H]1c1cn(-c2ccccc2)nc1-c1c(C)cc(C)cc1C. The maximum atomic E-state index is 12.7. The first-order chi connectivity index (χ1) is 15.3. The van der Waals surface area contributed by atoms with E-state index in [4.69, 9.17) is 9.84 Å². The number of rotatable bonds is 4. The lowest BCUT2D eigenvalue weighted by molar-refractivity contribution is -0.136. The van der Waals surface area contributed by atoms with Gasteiger partial charge in [0.05, 0.1) is 30.1 Å². The standard InChI is InChI=1S/C25H26N4O3/c1-14-11-15(2)20(16(3)12-14)23-19(13-29(28-23)18-9-7-6-8-10-18)22-21(24(30)32-5)17(4)26-25(31)27-22/h6-13,22H,1-5H3,(H2,26,27,31)/t22-/m0/s1. The molecule has 1 aliphatic heterocycles. The van der Waals surface area contributed by atoms with Crippen molar-refractivity contribution >= 4 is 12.0 Å². The molecule has 0 radical (unpaired) electrons. The van der Waals surface area contributed by atoms with E-state index in [2.05, 4.69) is 29.7 Å². The number of urea groups is 1. The number of para-hydroxylation sites is 1. The Hall–Kier alpha value is -3.87. The summed E-state index contributed by atoms with van der Waals surface area (Å²) in [5.74, 6) is -0.504. The molecule has 2 aromatic carbocycles. The Morgan fingerprint density at radius 3 is 2.34 bits per heavy atom. The summed E-state index contributed by atoms with van der Waals surface area (Å²) in [6, 6.07) is 12.9. The van der Waals surface area contributed by atoms with Gasteiger partial charge in [-0.1, -0.05) is 35.9 Å². The van der Waals surface area contributed by atoms with Crippen LogP contribution in [0.25, 0.3) is 16.9 Å². The van der Waals surface area contributed by atoms with Crippen molar-refractivity contribution in [2.75, 3.05) is 7.11 Å². The highest BCUT2D eigenvalue weighted by Gasteiger charge is 2.35. The number of carbonyl (C=O) groups is 2. The minimum Gasteiger partial charge on any atom is -0.466 e. The Labute approximate surface area is 187 Å². The van der Waals surface area contributed by atoms with Gasteiger partial charge in [-0.25, -0.2) is 14.3 Å². The molecule has 1 aromatic heterocycles. The van der Waals surface area contributed by atoms with Crippen molar-refractivity contribution in [2.45, 2.75) is 33.7 Å². The summed E-state index contributed by atoms with van der Waals surface area (Å²) in [5.41, 5.74) is 7.41. The molecule has 164 valence electrons. The number of allylic oxidation sites excluding steroid dienone is 1. The van der Waals surface area contributed by atoms with Crippen molar-refractivity contribution in [1.29, 1.82) is 0 Å². The van der Waals surface area contributed by atoms with Gasteiger partial charge in [0.15, 0.2) is 0 Å². The molecule has 2 heterocycles. The Kier molecular flexibility index (Phi) is 5.57. The lowest BCUT2D eigenvalue weighted by atomic mass is 9.90. The largest absolute Gasteiger partial charge is 0.466 e. The number of hydrogen-bond acceptors (Lipinski definition) is 4. The van der Waals surface area contributed by atoms with Crippen LogP contribution in [0.3, 0.4) is 0 Å². The van der Waals surface area contributed by atoms with Gasteiger partial charge < -0.3 is 15.4 Å². The topological polar surface area (TPSA) is 85.2 Å². The summed E-state index contributed by atoms with van der Waals surface area (Å²) >= 11 is 0. The number of aromatic nitrogens is 2. The number of amides is 2. The molecule has 1 atom stereocenters. The van der Waals surface area contributed by atoms with Crippen LogP contribution >= 0.6 is 0 Å². The zero-order valence-corrected chi connectivity index (χ0v) is 18.8. The van der Waals surface area contributed by atoms with Crippen LogP contribution in [0, 0.1) is 20.8 Å². The molecule has 0 aliphatic carbocycles. The molecule has 2 N–H and O–H groups in total. The number of esters is 1. The predicted octanol–water partition coefficient (Wildman–Crippen LogP) is 4.27. The predicted molar refractivity (Wildman–Crippen MR) is 122 cm³/mol. The molecular formula is C25H26N4O3. The van der Waals surface area contributed by atoms with Crippen LogP contribution in [0.2, 0.25) is 0 Å². The third kappa shape index (κ3) is 3.77. The summed E-state index contributed by atoms with van der Waals surface area (Å²) < 4.78 is 6.81. The molecular weight excluding hydrogens is 404 g/mol. The lowest BCUT2D eigenvalue weighted by Crippen LogP contribution is -2.45. The van der Waals surface area contributed by atoms with Crippen molar-refractivity contribution in [3.05, 3.63) is 82.2 Å². The monoisotopic (exact) mass is 430 g/mol. The summed E-state index contributed by atoms with van der Waals surface area (Å²) in [6.45, 7) is 7.84. The zero-order valence-electron chi connectivity index (χ0n) is 18.8. The average molecular weight is 431 g/mol. The van der Waals surface area contributed by atoms with Crippen LogP contribution in [0.15, 0.2) is 59.9 Å². The fraction of sp³-hybridized carbons (Fsp3) is 0.240. The van der Waals surface area contributed by atoms with E-state index in [1.165, 1.54) is 7.11 Å². The van der Waals surface area contributed by atoms with E-state index in [-0.39, 0.29) is 6.03 Å². The van der Waals surface area contributed by atoms with Crippen molar-refractivity contribution in [1.82, 2.24) is 20.4 Å². The Bertz CT molecular complexity index is 1220. The van der Waals surface area contributed by atoms with Gasteiger partial charge in [0, 0.05) is 23.0 Å². The Morgan fingerprint density at radius 2 is 1.72 bits per heavy atom. The molecule has 0 unspecified atom stereocenters. The summed E-state index contributed by atoms with van der Waals surface area (Å²) in [5, 5.41) is 10.5. The number of nitrogens with zero attached hydrogens (tertiary/aromatic N) is 2. The molecule has 0 saturated carbocycles. The molecule has 4 rings (SSSR count). The number of methoxy groups -OCH3 is 1. The summed E-state index contributed by atoms with van der Waals surface area (Å²) in [6.07, 6.45) is 1.87. The maximum Gasteiger partial charge on any atom is 0.337 e. The number of aryl methyl sites for hydroxylation is 3. The lowest BCUT2D eigenvalue weighted by Gasteiger charge is -2.27. The van der Waals surface area contributed by atoms with Crippen LogP contribution in [-0.4, -0.2) is 28.9 Å². The molecule has 7 nitrogen and oxygen atoms in total. The van der Waals surface area contributed by atoms with E-state index >= 15 is 0 Å². The summed E-state index contributed by atoms with van der Waals surface area (Å²) in [4.78, 5) is 25.1. The second-order valence-electron chi connectivity index (χ2n) is 8.05. The quantitative estimate of drug-likeness (QED) is 0.606. The number of benzene rings is 2. The Balaban J connectivity index is 1.99. The van der Waals surface area contributed by atoms with Gasteiger partial charge in [-0.3, -0.25) is 0 Å². The minimum absolute atomic E-state index is 0.350. The van der Waals surface area contributed by atoms with Crippen molar-refractivity contribution in [3.63, 3.8) is 0 Å². The van der Waals surface area contributed by atoms with Gasteiger partial charge >= 0.3 is 12.0 Å². The average Bonchev–Trinajstić information content (AvgIpc) is 3.17. The first-order valence-corrected chi connectivity index (χ1v) is 10.4. The molecule has 7 heteroatoms. The van der Waals surface area contributed by atoms with Gasteiger partial charge in [-0.2, -0.15) is 5.10 Å². The maximum absolute atomic E-state index is 12.7. The number of carbonyl (C=O) groups excluding carboxylic acids is 2. The van der Waals surface area contributed by atoms with Gasteiger partial charge in [-0.05, 0) is 51.0 Å². The molecule has 0 bridgehead atoms. The van der Waals surface area contributed by atoms with Gasteiger partial charge in [0.1, 0.15) is 0 Å². The Morgan fingerprint density at radius 1 is 1.06 bits per heavy atom. The first-order valence-electron chi connectivity index (χ1n) is 10.4. The molecule has 32 heavy (non-hydrogen) atoms. The third-order valence-electron chi connectivity index (χ3n) is 5.66. The first kappa shape index (κ1) is 21.4. The fourth-order valence-corrected chi connectivity index (χ4v) is 4.37. The van der Waals surface area contributed by atoms with Crippen molar-refractivity contribution in [2.24, 2.45) is 0 Å². The normalized spacial score (nSPS) is 15.9. The van der Waals surface area contributed by atoms with Crippen LogP contribution in [-0.2, 0) is 9.53 Å². The van der Waals surface area contributed by atoms with E-state index in [9.17, 15) is 9.59 Å². The number of nitrogens with one attached hydrogen (secondary N) is 2. The molecule has 3 aromatic rings. The van der Waals surface area contributed by atoms with E-state index < -0.39 is 12.0 Å². The third-order valence-corrected chi connectivity index (χ3v) is 5.66. The molecule has 0 spiro atoms. The van der Waals surface area contributed by atoms with E-state index in [1.807, 2.05) is 50.4 Å². The molecule has 1 aliphatic rings. The van der Waals surface area contributed by atoms with E-state index in [0.717, 1.165) is 33.5 Å². The van der Waals surface area contributed by atoms with Crippen LogP contribution < -0.4 is 10.6 Å². The second kappa shape index (κ2) is 8.34. The van der Waals surface area contributed by atoms with Crippen molar-refractivity contribution in [3.8, 4) is 16.9 Å². The van der Waals surface area contributed by atoms with Gasteiger partial charge in [0.25, 0.3) is 0 Å².